The van der Waals surface area contributed by atoms with E-state index in [4.69, 9.17) is 4.74 Å². The lowest BCUT2D eigenvalue weighted by atomic mass is 10.0. The van der Waals surface area contributed by atoms with Crippen molar-refractivity contribution >= 4 is 5.69 Å². The molecule has 0 aliphatic carbocycles. The van der Waals surface area contributed by atoms with Crippen LogP contribution in [0.15, 0.2) is 30.3 Å². The van der Waals surface area contributed by atoms with E-state index in [-0.39, 0.29) is 0 Å². The summed E-state index contributed by atoms with van der Waals surface area (Å²) in [5, 5.41) is 3.92. The molecule has 2 unspecified atom stereocenters. The van der Waals surface area contributed by atoms with E-state index >= 15 is 0 Å². The van der Waals surface area contributed by atoms with Crippen molar-refractivity contribution in [1.29, 1.82) is 0 Å². The van der Waals surface area contributed by atoms with Crippen molar-refractivity contribution in [3.05, 3.63) is 30.3 Å². The summed E-state index contributed by atoms with van der Waals surface area (Å²) in [4.78, 5) is 5.16. The van der Waals surface area contributed by atoms with Gasteiger partial charge in [-0.05, 0) is 50.9 Å². The average Bonchev–Trinajstić information content (AvgIpc) is 3.27. The summed E-state index contributed by atoms with van der Waals surface area (Å²) in [5.41, 5.74) is 1.37. The van der Waals surface area contributed by atoms with E-state index in [1.807, 2.05) is 0 Å². The molecular formula is C19H29N3O. The molecule has 4 nitrogen and oxygen atoms in total. The van der Waals surface area contributed by atoms with Crippen molar-refractivity contribution in [2.24, 2.45) is 0 Å². The Hall–Kier alpha value is -1.10. The Labute approximate surface area is 139 Å². The van der Waals surface area contributed by atoms with Crippen molar-refractivity contribution in [3.8, 4) is 0 Å². The minimum absolute atomic E-state index is 0.529. The Morgan fingerprint density at radius 2 is 1.65 bits per heavy atom. The zero-order valence-corrected chi connectivity index (χ0v) is 14.0. The van der Waals surface area contributed by atoms with Crippen LogP contribution in [0, 0.1) is 0 Å². The molecule has 1 N–H and O–H groups in total. The van der Waals surface area contributed by atoms with Crippen LogP contribution in [-0.2, 0) is 4.74 Å². The van der Waals surface area contributed by atoms with Gasteiger partial charge in [-0.15, -0.1) is 0 Å². The molecule has 1 aromatic rings. The highest BCUT2D eigenvalue weighted by atomic mass is 16.5. The number of nitrogens with one attached hydrogen (secondary N) is 1. The number of likely N-dealkylation sites (tertiary alicyclic amines) is 1. The molecule has 126 valence electrons. The average molecular weight is 315 g/mol. The van der Waals surface area contributed by atoms with E-state index in [1.165, 1.54) is 44.5 Å². The second-order valence-electron chi connectivity index (χ2n) is 7.22. The van der Waals surface area contributed by atoms with Gasteiger partial charge in [-0.1, -0.05) is 18.2 Å². The van der Waals surface area contributed by atoms with Gasteiger partial charge < -0.3 is 15.0 Å². The van der Waals surface area contributed by atoms with E-state index in [0.29, 0.717) is 18.1 Å². The fourth-order valence-corrected chi connectivity index (χ4v) is 4.38. The first-order valence-electron chi connectivity index (χ1n) is 9.28. The van der Waals surface area contributed by atoms with Crippen molar-refractivity contribution < 1.29 is 4.74 Å². The first kappa shape index (κ1) is 15.4. The third-order valence-corrected chi connectivity index (χ3v) is 5.73. The summed E-state index contributed by atoms with van der Waals surface area (Å²) >= 11 is 0. The van der Waals surface area contributed by atoms with Crippen LogP contribution < -0.4 is 10.2 Å². The second-order valence-corrected chi connectivity index (χ2v) is 7.22. The molecule has 0 bridgehead atoms. The lowest BCUT2D eigenvalue weighted by Crippen LogP contribution is -2.53. The molecule has 0 aromatic heterocycles. The standard InChI is InChI=1S/C19H29N3O/c1-2-6-17(7-3-1)21-12-8-16(9-13-21)20-18-14-23-15-19(18)22-10-4-5-11-22/h1-3,6-7,16,18-20H,4-5,8-15H2. The van der Waals surface area contributed by atoms with Gasteiger partial charge in [0.05, 0.1) is 19.3 Å². The SMILES string of the molecule is c1ccc(N2CCC(NC3COCC3N3CCCC3)CC2)cc1. The van der Waals surface area contributed by atoms with Crippen LogP contribution in [0.4, 0.5) is 5.69 Å². The van der Waals surface area contributed by atoms with Crippen molar-refractivity contribution in [1.82, 2.24) is 10.2 Å². The number of hydrogen-bond acceptors (Lipinski definition) is 4. The zero-order chi connectivity index (χ0) is 15.5. The molecule has 3 fully saturated rings. The number of ether oxygens (including phenoxy) is 1. The normalized spacial score (nSPS) is 30.2. The van der Waals surface area contributed by atoms with E-state index in [9.17, 15) is 0 Å². The maximum absolute atomic E-state index is 5.80. The Balaban J connectivity index is 1.29. The quantitative estimate of drug-likeness (QED) is 0.921. The van der Waals surface area contributed by atoms with Crippen LogP contribution in [0.1, 0.15) is 25.7 Å². The van der Waals surface area contributed by atoms with E-state index in [2.05, 4.69) is 45.4 Å². The maximum Gasteiger partial charge on any atom is 0.0638 e. The Kier molecular flexibility index (Phi) is 4.83. The molecule has 4 rings (SSSR count). The van der Waals surface area contributed by atoms with Gasteiger partial charge in [-0.25, -0.2) is 0 Å². The number of rotatable bonds is 4. The van der Waals surface area contributed by atoms with Crippen molar-refractivity contribution in [2.75, 3.05) is 44.3 Å². The molecular weight excluding hydrogens is 286 g/mol. The lowest BCUT2D eigenvalue weighted by molar-refractivity contribution is 0.158. The van der Waals surface area contributed by atoms with Crippen LogP contribution in [-0.4, -0.2) is 62.4 Å². The summed E-state index contributed by atoms with van der Waals surface area (Å²) in [6.45, 7) is 6.64. The number of para-hydroxylation sites is 1. The van der Waals surface area contributed by atoms with Gasteiger partial charge in [0, 0.05) is 30.9 Å². The van der Waals surface area contributed by atoms with Crippen molar-refractivity contribution in [2.45, 2.75) is 43.8 Å². The third kappa shape index (κ3) is 3.54. The fraction of sp³-hybridized carbons (Fsp3) is 0.684. The van der Waals surface area contributed by atoms with Gasteiger partial charge >= 0.3 is 0 Å². The van der Waals surface area contributed by atoms with Crippen LogP contribution in [0.25, 0.3) is 0 Å². The molecule has 0 amide bonds. The smallest absolute Gasteiger partial charge is 0.0638 e. The van der Waals surface area contributed by atoms with Crippen molar-refractivity contribution in [3.63, 3.8) is 0 Å². The molecule has 2 atom stereocenters. The van der Waals surface area contributed by atoms with Crippen LogP contribution >= 0.6 is 0 Å². The Morgan fingerprint density at radius 1 is 0.913 bits per heavy atom. The Bertz CT molecular complexity index is 481. The summed E-state index contributed by atoms with van der Waals surface area (Å²) in [7, 11) is 0. The largest absolute Gasteiger partial charge is 0.378 e. The van der Waals surface area contributed by atoms with Gasteiger partial charge in [-0.3, -0.25) is 4.90 Å². The Morgan fingerprint density at radius 3 is 2.39 bits per heavy atom. The molecule has 23 heavy (non-hydrogen) atoms. The summed E-state index contributed by atoms with van der Waals surface area (Å²) in [6.07, 6.45) is 5.19. The fourth-order valence-electron chi connectivity index (χ4n) is 4.38. The molecule has 3 aliphatic rings. The van der Waals surface area contributed by atoms with E-state index in [1.54, 1.807) is 0 Å². The molecule has 0 spiro atoms. The molecule has 0 radical (unpaired) electrons. The van der Waals surface area contributed by atoms with Gasteiger partial charge in [-0.2, -0.15) is 0 Å². The van der Waals surface area contributed by atoms with Gasteiger partial charge in [0.25, 0.3) is 0 Å². The number of nitrogens with zero attached hydrogens (tertiary/aromatic N) is 2. The highest BCUT2D eigenvalue weighted by molar-refractivity contribution is 5.46. The molecule has 0 saturated carbocycles. The number of piperidine rings is 1. The predicted molar refractivity (Wildman–Crippen MR) is 94.0 cm³/mol. The monoisotopic (exact) mass is 315 g/mol. The molecule has 1 aromatic carbocycles. The molecule has 3 aliphatic heterocycles. The lowest BCUT2D eigenvalue weighted by Gasteiger charge is -2.37. The summed E-state index contributed by atoms with van der Waals surface area (Å²) < 4.78 is 5.80. The molecule has 3 heterocycles. The molecule has 3 saturated heterocycles. The highest BCUT2D eigenvalue weighted by Crippen LogP contribution is 2.23. The number of benzene rings is 1. The van der Waals surface area contributed by atoms with Crippen LogP contribution in [0.2, 0.25) is 0 Å². The van der Waals surface area contributed by atoms with Crippen LogP contribution in [0.3, 0.4) is 0 Å². The summed E-state index contributed by atoms with van der Waals surface area (Å²) in [6, 6.07) is 12.6. The molecule has 4 heteroatoms. The zero-order valence-electron chi connectivity index (χ0n) is 14.0. The van der Waals surface area contributed by atoms with E-state index < -0.39 is 0 Å². The first-order chi connectivity index (χ1) is 11.4. The highest BCUT2D eigenvalue weighted by Gasteiger charge is 2.35. The van der Waals surface area contributed by atoms with Gasteiger partial charge in [0.2, 0.25) is 0 Å². The topological polar surface area (TPSA) is 27.7 Å². The second kappa shape index (κ2) is 7.20. The first-order valence-corrected chi connectivity index (χ1v) is 9.28. The number of anilines is 1. The van der Waals surface area contributed by atoms with E-state index in [0.717, 1.165) is 26.3 Å². The minimum atomic E-state index is 0.529. The van der Waals surface area contributed by atoms with Gasteiger partial charge in [0.1, 0.15) is 0 Å². The van der Waals surface area contributed by atoms with Gasteiger partial charge in [0.15, 0.2) is 0 Å². The number of hydrogen-bond donors (Lipinski definition) is 1. The van der Waals surface area contributed by atoms with Crippen LogP contribution in [0.5, 0.6) is 0 Å². The predicted octanol–water partition coefficient (Wildman–Crippen LogP) is 2.11. The maximum atomic E-state index is 5.80. The summed E-state index contributed by atoms with van der Waals surface area (Å²) in [5.74, 6) is 0. The minimum Gasteiger partial charge on any atom is -0.378 e. The third-order valence-electron chi connectivity index (χ3n) is 5.73.